The predicted molar refractivity (Wildman–Crippen MR) is 60.5 cm³/mol. The van der Waals surface area contributed by atoms with Gasteiger partial charge < -0.3 is 10.1 Å². The molecule has 2 aliphatic rings. The molecular weight excluding hydrogens is 208 g/mol. The zero-order valence-electron chi connectivity index (χ0n) is 8.74. The first-order valence-electron chi connectivity index (χ1n) is 5.67. The fourth-order valence-corrected chi connectivity index (χ4v) is 3.19. The Morgan fingerprint density at radius 1 is 1.27 bits per heavy atom. The van der Waals surface area contributed by atoms with E-state index < -0.39 is 0 Å². The molecular formula is C11H16N2OS. The molecule has 0 bridgehead atoms. The van der Waals surface area contributed by atoms with E-state index in [0.29, 0.717) is 11.8 Å². The highest BCUT2D eigenvalue weighted by Crippen LogP contribution is 2.31. The lowest BCUT2D eigenvalue weighted by atomic mass is 9.99. The standard InChI is InChI=1S/C11H16N2OS/c1-3-14-4-2-8(1)11-13-10(7-15-11)9-5-12-6-9/h7-9,12H,1-6H2. The van der Waals surface area contributed by atoms with Crippen molar-refractivity contribution in [3.8, 4) is 0 Å². The molecule has 4 heteroatoms. The van der Waals surface area contributed by atoms with Gasteiger partial charge in [-0.15, -0.1) is 11.3 Å². The van der Waals surface area contributed by atoms with Crippen LogP contribution >= 0.6 is 11.3 Å². The quantitative estimate of drug-likeness (QED) is 0.830. The Labute approximate surface area is 93.9 Å². The van der Waals surface area contributed by atoms with Crippen LogP contribution in [-0.4, -0.2) is 31.3 Å². The Bertz CT molecular complexity index is 329. The third-order valence-corrected chi connectivity index (χ3v) is 4.34. The van der Waals surface area contributed by atoms with Crippen molar-refractivity contribution in [2.24, 2.45) is 0 Å². The summed E-state index contributed by atoms with van der Waals surface area (Å²) < 4.78 is 5.37. The first-order chi connectivity index (χ1) is 7.43. The molecule has 0 unspecified atom stereocenters. The normalized spacial score (nSPS) is 24.0. The summed E-state index contributed by atoms with van der Waals surface area (Å²) >= 11 is 1.84. The van der Waals surface area contributed by atoms with E-state index in [4.69, 9.17) is 9.72 Å². The van der Waals surface area contributed by atoms with Gasteiger partial charge in [0.25, 0.3) is 0 Å². The topological polar surface area (TPSA) is 34.1 Å². The van der Waals surface area contributed by atoms with Gasteiger partial charge in [-0.1, -0.05) is 0 Å². The Balaban J connectivity index is 1.71. The molecule has 1 aromatic rings. The van der Waals surface area contributed by atoms with Crippen molar-refractivity contribution in [3.63, 3.8) is 0 Å². The fraction of sp³-hybridized carbons (Fsp3) is 0.727. The summed E-state index contributed by atoms with van der Waals surface area (Å²) in [7, 11) is 0. The van der Waals surface area contributed by atoms with Crippen molar-refractivity contribution >= 4 is 11.3 Å². The van der Waals surface area contributed by atoms with Crippen LogP contribution in [0.5, 0.6) is 0 Å². The highest BCUT2D eigenvalue weighted by atomic mass is 32.1. The van der Waals surface area contributed by atoms with E-state index in [1.54, 1.807) is 0 Å². The summed E-state index contributed by atoms with van der Waals surface area (Å²) in [4.78, 5) is 4.78. The molecule has 0 atom stereocenters. The van der Waals surface area contributed by atoms with Gasteiger partial charge in [-0.05, 0) is 12.8 Å². The van der Waals surface area contributed by atoms with Crippen molar-refractivity contribution in [1.29, 1.82) is 0 Å². The predicted octanol–water partition coefficient (Wildman–Crippen LogP) is 1.72. The smallest absolute Gasteiger partial charge is 0.0961 e. The maximum absolute atomic E-state index is 5.37. The largest absolute Gasteiger partial charge is 0.381 e. The molecule has 2 fully saturated rings. The van der Waals surface area contributed by atoms with Gasteiger partial charge in [0.15, 0.2) is 0 Å². The van der Waals surface area contributed by atoms with Crippen LogP contribution in [-0.2, 0) is 4.74 Å². The van der Waals surface area contributed by atoms with E-state index in [1.165, 1.54) is 10.7 Å². The highest BCUT2D eigenvalue weighted by Gasteiger charge is 2.24. The number of nitrogens with one attached hydrogen (secondary N) is 1. The van der Waals surface area contributed by atoms with Gasteiger partial charge in [0.05, 0.1) is 10.7 Å². The van der Waals surface area contributed by atoms with E-state index in [9.17, 15) is 0 Å². The summed E-state index contributed by atoms with van der Waals surface area (Å²) in [5, 5.41) is 6.87. The van der Waals surface area contributed by atoms with E-state index in [1.807, 2.05) is 11.3 Å². The minimum Gasteiger partial charge on any atom is -0.381 e. The van der Waals surface area contributed by atoms with Crippen LogP contribution in [0.1, 0.15) is 35.4 Å². The van der Waals surface area contributed by atoms with Gasteiger partial charge in [-0.25, -0.2) is 4.98 Å². The van der Waals surface area contributed by atoms with Crippen molar-refractivity contribution in [2.75, 3.05) is 26.3 Å². The van der Waals surface area contributed by atoms with Crippen LogP contribution in [0.15, 0.2) is 5.38 Å². The van der Waals surface area contributed by atoms with Gasteiger partial charge in [0.2, 0.25) is 0 Å². The average Bonchev–Trinajstić information content (AvgIpc) is 2.66. The molecule has 0 aromatic carbocycles. The molecule has 82 valence electrons. The fourth-order valence-electron chi connectivity index (χ4n) is 2.12. The average molecular weight is 224 g/mol. The summed E-state index contributed by atoms with van der Waals surface area (Å²) in [6.07, 6.45) is 2.30. The van der Waals surface area contributed by atoms with Crippen LogP contribution in [0, 0.1) is 0 Å². The number of rotatable bonds is 2. The first-order valence-corrected chi connectivity index (χ1v) is 6.55. The van der Waals surface area contributed by atoms with E-state index in [2.05, 4.69) is 10.7 Å². The lowest BCUT2D eigenvalue weighted by Gasteiger charge is -2.25. The molecule has 0 spiro atoms. The Kier molecular flexibility index (Phi) is 2.73. The van der Waals surface area contributed by atoms with Gasteiger partial charge in [-0.3, -0.25) is 0 Å². The molecule has 0 aliphatic carbocycles. The van der Waals surface area contributed by atoms with E-state index >= 15 is 0 Å². The molecule has 0 radical (unpaired) electrons. The second-order valence-corrected chi connectivity index (χ2v) is 5.24. The summed E-state index contributed by atoms with van der Waals surface area (Å²) in [5.41, 5.74) is 1.31. The molecule has 3 nitrogen and oxygen atoms in total. The van der Waals surface area contributed by atoms with Crippen LogP contribution in [0.3, 0.4) is 0 Å². The van der Waals surface area contributed by atoms with Crippen LogP contribution < -0.4 is 5.32 Å². The highest BCUT2D eigenvalue weighted by molar-refractivity contribution is 7.09. The lowest BCUT2D eigenvalue weighted by molar-refractivity contribution is 0.0852. The molecule has 0 amide bonds. The first kappa shape index (κ1) is 9.75. The summed E-state index contributed by atoms with van der Waals surface area (Å²) in [6.45, 7) is 4.03. The van der Waals surface area contributed by atoms with Gasteiger partial charge in [-0.2, -0.15) is 0 Å². The van der Waals surface area contributed by atoms with Crippen LogP contribution in [0.2, 0.25) is 0 Å². The number of thiazole rings is 1. The third kappa shape index (κ3) is 1.94. The zero-order chi connectivity index (χ0) is 10.1. The van der Waals surface area contributed by atoms with Crippen molar-refractivity contribution in [2.45, 2.75) is 24.7 Å². The molecule has 3 rings (SSSR count). The Morgan fingerprint density at radius 2 is 2.07 bits per heavy atom. The molecule has 3 heterocycles. The molecule has 2 saturated heterocycles. The van der Waals surface area contributed by atoms with Gasteiger partial charge in [0, 0.05) is 43.5 Å². The molecule has 2 aliphatic heterocycles. The number of nitrogens with zero attached hydrogens (tertiary/aromatic N) is 1. The summed E-state index contributed by atoms with van der Waals surface area (Å²) in [5.74, 6) is 1.33. The van der Waals surface area contributed by atoms with E-state index in [-0.39, 0.29) is 0 Å². The van der Waals surface area contributed by atoms with E-state index in [0.717, 1.165) is 39.1 Å². The molecule has 1 N–H and O–H groups in total. The second kappa shape index (κ2) is 4.20. The van der Waals surface area contributed by atoms with Gasteiger partial charge >= 0.3 is 0 Å². The molecule has 1 aromatic heterocycles. The number of ether oxygens (including phenoxy) is 1. The lowest BCUT2D eigenvalue weighted by Crippen LogP contribution is -2.40. The Hall–Kier alpha value is -0.450. The Morgan fingerprint density at radius 3 is 2.73 bits per heavy atom. The van der Waals surface area contributed by atoms with Crippen molar-refractivity contribution in [1.82, 2.24) is 10.3 Å². The van der Waals surface area contributed by atoms with Crippen LogP contribution in [0.25, 0.3) is 0 Å². The maximum Gasteiger partial charge on any atom is 0.0961 e. The SMILES string of the molecule is c1sc(C2CCOCC2)nc1C1CNC1. The minimum atomic E-state index is 0.658. The third-order valence-electron chi connectivity index (χ3n) is 3.31. The van der Waals surface area contributed by atoms with Gasteiger partial charge in [0.1, 0.15) is 0 Å². The zero-order valence-corrected chi connectivity index (χ0v) is 9.55. The monoisotopic (exact) mass is 224 g/mol. The maximum atomic E-state index is 5.37. The summed E-state index contributed by atoms with van der Waals surface area (Å²) in [6, 6.07) is 0. The van der Waals surface area contributed by atoms with Crippen molar-refractivity contribution < 1.29 is 4.74 Å². The number of hydrogen-bond donors (Lipinski definition) is 1. The minimum absolute atomic E-state index is 0.658. The van der Waals surface area contributed by atoms with Crippen molar-refractivity contribution in [3.05, 3.63) is 16.1 Å². The number of aromatic nitrogens is 1. The van der Waals surface area contributed by atoms with Crippen LogP contribution in [0.4, 0.5) is 0 Å². The second-order valence-electron chi connectivity index (χ2n) is 4.35. The molecule has 15 heavy (non-hydrogen) atoms. The number of hydrogen-bond acceptors (Lipinski definition) is 4. The molecule has 0 saturated carbocycles.